The van der Waals surface area contributed by atoms with Crippen molar-refractivity contribution in [3.05, 3.63) is 10.7 Å². The van der Waals surface area contributed by atoms with Gasteiger partial charge in [0.1, 0.15) is 0 Å². The molecule has 0 rings (SSSR count). The molecular weight excluding hydrogens is 240 g/mol. The van der Waals surface area contributed by atoms with Crippen LogP contribution in [0.4, 0.5) is 0 Å². The van der Waals surface area contributed by atoms with E-state index in [-0.39, 0.29) is 11.4 Å². The molecule has 0 saturated heterocycles. The van der Waals surface area contributed by atoms with Crippen molar-refractivity contribution < 1.29 is 10.2 Å². The zero-order valence-corrected chi connectivity index (χ0v) is 7.18. The van der Waals surface area contributed by atoms with Crippen LogP contribution in [0, 0.1) is 0 Å². The van der Waals surface area contributed by atoms with Gasteiger partial charge in [-0.15, -0.1) is 0 Å². The van der Waals surface area contributed by atoms with Crippen molar-refractivity contribution in [3.8, 4) is 0 Å². The zero-order valence-electron chi connectivity index (χ0n) is 4.01. The summed E-state index contributed by atoms with van der Waals surface area (Å²) in [5, 5.41) is 16.7. The summed E-state index contributed by atoms with van der Waals surface area (Å²) in [7, 11) is 0. The van der Waals surface area contributed by atoms with Crippen LogP contribution >= 0.6 is 31.9 Å². The van der Waals surface area contributed by atoms with E-state index in [4.69, 9.17) is 10.2 Å². The van der Waals surface area contributed by atoms with Crippen LogP contribution in [0.25, 0.3) is 0 Å². The number of aliphatic hydroxyl groups excluding tert-OH is 2. The van der Waals surface area contributed by atoms with E-state index in [1.54, 1.807) is 0 Å². The van der Waals surface area contributed by atoms with E-state index in [9.17, 15) is 0 Å². The van der Waals surface area contributed by atoms with E-state index in [1.165, 1.54) is 0 Å². The molecule has 0 amide bonds. The molecule has 2 nitrogen and oxygen atoms in total. The second-order valence-electron chi connectivity index (χ2n) is 1.16. The highest BCUT2D eigenvalue weighted by molar-refractivity contribution is 9.14. The maximum Gasteiger partial charge on any atom is 0.0905 e. The minimum Gasteiger partial charge on any atom is -0.515 e. The fourth-order valence-electron chi connectivity index (χ4n) is 0.168. The van der Waals surface area contributed by atoms with Crippen molar-refractivity contribution in [3.63, 3.8) is 0 Å². The first kappa shape index (κ1) is 8.46. The summed E-state index contributed by atoms with van der Waals surface area (Å²) in [6.07, 6.45) is 0.898. The summed E-state index contributed by atoms with van der Waals surface area (Å²) in [5.74, 6) is 0. The van der Waals surface area contributed by atoms with Crippen molar-refractivity contribution in [2.24, 2.45) is 0 Å². The monoisotopic (exact) mass is 244 g/mol. The Kier molecular flexibility index (Phi) is 4.60. The highest BCUT2D eigenvalue weighted by Crippen LogP contribution is 2.16. The number of aliphatic hydroxyl groups is 2. The molecule has 1 atom stereocenters. The number of alkyl halides is 1. The molecule has 4 heteroatoms. The van der Waals surface area contributed by atoms with Crippen LogP contribution in [0.5, 0.6) is 0 Å². The Bertz CT molecular complexity index is 92.0. The lowest BCUT2D eigenvalue weighted by atomic mass is 10.4. The van der Waals surface area contributed by atoms with Crippen LogP contribution in [0.3, 0.4) is 0 Å². The lowest BCUT2D eigenvalue weighted by Crippen LogP contribution is -2.02. The van der Waals surface area contributed by atoms with Gasteiger partial charge in [-0.25, -0.2) is 0 Å². The van der Waals surface area contributed by atoms with E-state index >= 15 is 0 Å². The fourth-order valence-corrected chi connectivity index (χ4v) is 0.431. The molecule has 0 aliphatic heterocycles. The van der Waals surface area contributed by atoms with Gasteiger partial charge in [0.15, 0.2) is 0 Å². The Balaban J connectivity index is 3.63. The van der Waals surface area contributed by atoms with Gasteiger partial charge < -0.3 is 10.2 Å². The third kappa shape index (κ3) is 2.69. The second kappa shape index (κ2) is 4.35. The summed E-state index contributed by atoms with van der Waals surface area (Å²) < 4.78 is 0.542. The highest BCUT2D eigenvalue weighted by Gasteiger charge is 2.04. The lowest BCUT2D eigenvalue weighted by Gasteiger charge is -2.00. The average Bonchev–Trinajstić information content (AvgIpc) is 1.84. The Morgan fingerprint density at radius 3 is 2.38 bits per heavy atom. The van der Waals surface area contributed by atoms with Crippen molar-refractivity contribution >= 4 is 31.9 Å². The van der Waals surface area contributed by atoms with E-state index in [0.29, 0.717) is 4.48 Å². The van der Waals surface area contributed by atoms with Crippen LogP contribution in [-0.4, -0.2) is 21.6 Å². The molecule has 0 bridgehead atoms. The van der Waals surface area contributed by atoms with Crippen LogP contribution in [0.2, 0.25) is 0 Å². The smallest absolute Gasteiger partial charge is 0.0905 e. The zero-order chi connectivity index (χ0) is 6.57. The van der Waals surface area contributed by atoms with E-state index in [2.05, 4.69) is 31.9 Å². The summed E-state index contributed by atoms with van der Waals surface area (Å²) >= 11 is 6.08. The summed E-state index contributed by atoms with van der Waals surface area (Å²) in [6.45, 7) is -0.0301. The van der Waals surface area contributed by atoms with E-state index in [1.807, 2.05) is 0 Å². The van der Waals surface area contributed by atoms with Crippen molar-refractivity contribution in [1.29, 1.82) is 0 Å². The molecule has 0 aromatic heterocycles. The van der Waals surface area contributed by atoms with Gasteiger partial charge in [0, 0.05) is 4.48 Å². The number of hydrogen-bond acceptors (Lipinski definition) is 2. The molecule has 0 aromatic rings. The van der Waals surface area contributed by atoms with Crippen LogP contribution < -0.4 is 0 Å². The summed E-state index contributed by atoms with van der Waals surface area (Å²) in [6, 6.07) is 0. The van der Waals surface area contributed by atoms with Gasteiger partial charge in [-0.05, 0) is 0 Å². The van der Waals surface area contributed by atoms with Crippen LogP contribution in [0.15, 0.2) is 10.7 Å². The largest absolute Gasteiger partial charge is 0.515 e. The lowest BCUT2D eigenvalue weighted by molar-refractivity contribution is 0.306. The quantitative estimate of drug-likeness (QED) is 0.573. The van der Waals surface area contributed by atoms with Gasteiger partial charge in [0.05, 0.1) is 17.7 Å². The predicted molar refractivity (Wildman–Crippen MR) is 39.4 cm³/mol. The molecular formula is C4H6Br2O2. The number of rotatable bonds is 2. The molecule has 1 unspecified atom stereocenters. The summed E-state index contributed by atoms with van der Waals surface area (Å²) in [4.78, 5) is -0.188. The van der Waals surface area contributed by atoms with E-state index in [0.717, 1.165) is 6.26 Å². The third-order valence-corrected chi connectivity index (χ3v) is 2.74. The number of halogens is 2. The molecule has 0 radical (unpaired) electrons. The Morgan fingerprint density at radius 1 is 1.75 bits per heavy atom. The van der Waals surface area contributed by atoms with Gasteiger partial charge >= 0.3 is 0 Å². The maximum atomic E-state index is 8.41. The third-order valence-electron chi connectivity index (χ3n) is 0.583. The van der Waals surface area contributed by atoms with Gasteiger partial charge in [0.25, 0.3) is 0 Å². The van der Waals surface area contributed by atoms with Gasteiger partial charge in [-0.1, -0.05) is 31.9 Å². The molecule has 0 aliphatic rings. The second-order valence-corrected chi connectivity index (χ2v) is 3.19. The molecule has 2 N–H and O–H groups in total. The topological polar surface area (TPSA) is 40.5 Å². The molecule has 0 fully saturated rings. The molecule has 0 spiro atoms. The van der Waals surface area contributed by atoms with Crippen LogP contribution in [0.1, 0.15) is 0 Å². The normalized spacial score (nSPS) is 16.1. The first-order chi connectivity index (χ1) is 3.72. The minimum absolute atomic E-state index is 0.0301. The Labute approximate surface area is 64.5 Å². The van der Waals surface area contributed by atoms with Crippen molar-refractivity contribution in [2.45, 2.75) is 4.83 Å². The minimum atomic E-state index is -0.188. The van der Waals surface area contributed by atoms with Gasteiger partial charge in [-0.2, -0.15) is 0 Å². The molecule has 8 heavy (non-hydrogen) atoms. The average molecular weight is 246 g/mol. The molecule has 0 heterocycles. The SMILES string of the molecule is O/C=C(/Br)C(Br)CO. The van der Waals surface area contributed by atoms with Crippen LogP contribution in [-0.2, 0) is 0 Å². The predicted octanol–water partition coefficient (Wildman–Crippen LogP) is 1.54. The molecule has 0 aromatic carbocycles. The number of hydrogen-bond donors (Lipinski definition) is 2. The van der Waals surface area contributed by atoms with E-state index < -0.39 is 0 Å². The molecule has 0 aliphatic carbocycles. The van der Waals surface area contributed by atoms with Gasteiger partial charge in [0.2, 0.25) is 0 Å². The first-order valence-electron chi connectivity index (χ1n) is 1.97. The fraction of sp³-hybridized carbons (Fsp3) is 0.500. The Morgan fingerprint density at radius 2 is 2.25 bits per heavy atom. The molecule has 0 saturated carbocycles. The van der Waals surface area contributed by atoms with Crippen molar-refractivity contribution in [1.82, 2.24) is 0 Å². The molecule has 48 valence electrons. The maximum absolute atomic E-state index is 8.41. The standard InChI is InChI=1S/C4H6Br2O2/c5-3(1-7)4(6)2-8/h1,4,7-8H,2H2/b3-1+. The highest BCUT2D eigenvalue weighted by atomic mass is 79.9. The first-order valence-corrected chi connectivity index (χ1v) is 3.68. The summed E-state index contributed by atoms with van der Waals surface area (Å²) in [5.41, 5.74) is 0. The van der Waals surface area contributed by atoms with Gasteiger partial charge in [-0.3, -0.25) is 0 Å². The Hall–Kier alpha value is 0.460. The van der Waals surface area contributed by atoms with Crippen molar-refractivity contribution in [2.75, 3.05) is 6.61 Å².